The maximum Gasteiger partial charge on any atom is 0.0595 e. The molecule has 0 spiro atoms. The predicted molar refractivity (Wildman–Crippen MR) is 90.4 cm³/mol. The third kappa shape index (κ3) is 2.93. The second kappa shape index (κ2) is 5.81. The van der Waals surface area contributed by atoms with Crippen LogP contribution in [-0.4, -0.2) is 18.0 Å². The molecule has 2 aromatic carbocycles. The van der Waals surface area contributed by atoms with E-state index < -0.39 is 0 Å². The van der Waals surface area contributed by atoms with Gasteiger partial charge in [-0.15, -0.1) is 0 Å². The molecule has 0 heterocycles. The van der Waals surface area contributed by atoms with E-state index in [1.54, 1.807) is 4.42 Å². The minimum Gasteiger partial charge on any atom is -0.222 e. The average molecular weight is 341 g/mol. The topological polar surface area (TPSA) is 3.24 Å². The second-order valence-corrected chi connectivity index (χ2v) is 7.11. The van der Waals surface area contributed by atoms with Crippen LogP contribution in [0.25, 0.3) is 0 Å². The lowest BCUT2D eigenvalue weighted by molar-refractivity contribution is 0.460. The first-order valence-electron chi connectivity index (χ1n) is 6.90. The van der Waals surface area contributed by atoms with Crippen LogP contribution < -0.4 is 0 Å². The Morgan fingerprint density at radius 3 is 2.43 bits per heavy atom. The molecule has 0 amide bonds. The maximum atomic E-state index is 6.20. The smallest absolute Gasteiger partial charge is 0.0595 e. The van der Waals surface area contributed by atoms with Crippen molar-refractivity contribution in [2.75, 3.05) is 13.6 Å². The number of hydrogen-bond acceptors (Lipinski definition) is 1. The molecule has 21 heavy (non-hydrogen) atoms. The van der Waals surface area contributed by atoms with E-state index in [1.807, 2.05) is 25.2 Å². The molecule has 0 bridgehead atoms. The van der Waals surface area contributed by atoms with Gasteiger partial charge in [-0.1, -0.05) is 59.6 Å². The highest BCUT2D eigenvalue weighted by Gasteiger charge is 2.56. The molecule has 4 heteroatoms. The zero-order valence-corrected chi connectivity index (χ0v) is 14.0. The molecule has 0 radical (unpaired) electrons. The van der Waals surface area contributed by atoms with Gasteiger partial charge in [-0.05, 0) is 47.4 Å². The number of likely N-dealkylation sites (N-methyl/N-ethyl adjacent to an activating group) is 1. The van der Waals surface area contributed by atoms with E-state index >= 15 is 0 Å². The Morgan fingerprint density at radius 1 is 1.10 bits per heavy atom. The van der Waals surface area contributed by atoms with E-state index in [0.717, 1.165) is 13.0 Å². The molecule has 0 saturated heterocycles. The summed E-state index contributed by atoms with van der Waals surface area (Å²) in [5.41, 5.74) is 2.58. The molecule has 2 atom stereocenters. The van der Waals surface area contributed by atoms with Gasteiger partial charge in [-0.3, -0.25) is 0 Å². The fourth-order valence-corrected chi connectivity index (χ4v) is 3.72. The average Bonchev–Trinajstić information content (AvgIpc) is 3.17. The highest BCUT2D eigenvalue weighted by molar-refractivity contribution is 6.42. The van der Waals surface area contributed by atoms with Crippen molar-refractivity contribution in [2.45, 2.75) is 17.8 Å². The summed E-state index contributed by atoms with van der Waals surface area (Å²) < 4.78 is 1.73. The monoisotopic (exact) mass is 339 g/mol. The lowest BCUT2D eigenvalue weighted by Crippen LogP contribution is -2.24. The first-order chi connectivity index (χ1) is 10.0. The first-order valence-corrected chi connectivity index (χ1v) is 8.00. The lowest BCUT2D eigenvalue weighted by Gasteiger charge is -2.22. The van der Waals surface area contributed by atoms with Gasteiger partial charge in [-0.25, -0.2) is 4.42 Å². The molecular formula is C17H16Cl3N. The van der Waals surface area contributed by atoms with Crippen LogP contribution in [0.2, 0.25) is 10.0 Å². The van der Waals surface area contributed by atoms with E-state index in [1.165, 1.54) is 11.1 Å². The van der Waals surface area contributed by atoms with E-state index in [4.69, 9.17) is 35.0 Å². The number of nitrogens with zero attached hydrogens (tertiary/aromatic N) is 1. The molecule has 1 aliphatic carbocycles. The Balaban J connectivity index is 1.98. The summed E-state index contributed by atoms with van der Waals surface area (Å²) in [6.07, 6.45) is 1.08. The van der Waals surface area contributed by atoms with Crippen molar-refractivity contribution in [1.82, 2.24) is 4.42 Å². The fourth-order valence-electron chi connectivity index (χ4n) is 3.21. The third-order valence-electron chi connectivity index (χ3n) is 4.27. The van der Waals surface area contributed by atoms with Crippen LogP contribution in [0.15, 0.2) is 48.5 Å². The maximum absolute atomic E-state index is 6.20. The quantitative estimate of drug-likeness (QED) is 0.664. The van der Waals surface area contributed by atoms with Crippen LogP contribution >= 0.6 is 35.0 Å². The van der Waals surface area contributed by atoms with Crippen molar-refractivity contribution in [3.63, 3.8) is 0 Å². The van der Waals surface area contributed by atoms with E-state index in [0.29, 0.717) is 16.0 Å². The summed E-state index contributed by atoms with van der Waals surface area (Å²) in [5, 5.41) is 1.19. The van der Waals surface area contributed by atoms with E-state index in [-0.39, 0.29) is 5.41 Å². The number of halogens is 3. The van der Waals surface area contributed by atoms with Gasteiger partial charge in [0, 0.05) is 19.0 Å². The summed E-state index contributed by atoms with van der Waals surface area (Å²) in [4.78, 5) is 0. The number of benzene rings is 2. The summed E-state index contributed by atoms with van der Waals surface area (Å²) in [7, 11) is 1.89. The Labute approximate surface area is 140 Å². The summed E-state index contributed by atoms with van der Waals surface area (Å²) in [6, 6.07) is 16.5. The van der Waals surface area contributed by atoms with Crippen LogP contribution in [0.3, 0.4) is 0 Å². The van der Waals surface area contributed by atoms with Crippen LogP contribution in [-0.2, 0) is 5.41 Å². The largest absolute Gasteiger partial charge is 0.222 e. The molecule has 0 unspecified atom stereocenters. The van der Waals surface area contributed by atoms with Crippen LogP contribution in [0.4, 0.5) is 0 Å². The molecular weight excluding hydrogens is 325 g/mol. The van der Waals surface area contributed by atoms with Crippen molar-refractivity contribution in [1.29, 1.82) is 0 Å². The summed E-state index contributed by atoms with van der Waals surface area (Å²) in [5.74, 6) is 0.470. The van der Waals surface area contributed by atoms with Crippen molar-refractivity contribution in [3.8, 4) is 0 Å². The predicted octanol–water partition coefficient (Wildman–Crippen LogP) is 5.50. The zero-order valence-electron chi connectivity index (χ0n) is 11.7. The minimum atomic E-state index is 0.0199. The molecule has 0 N–H and O–H groups in total. The fraction of sp³-hybridized carbons (Fsp3) is 0.294. The van der Waals surface area contributed by atoms with E-state index in [9.17, 15) is 0 Å². The Bertz CT molecular complexity index is 642. The minimum absolute atomic E-state index is 0.0199. The molecule has 0 aliphatic heterocycles. The van der Waals surface area contributed by atoms with Crippen molar-refractivity contribution >= 4 is 35.0 Å². The Kier molecular flexibility index (Phi) is 4.20. The highest BCUT2D eigenvalue weighted by Crippen LogP contribution is 2.61. The Hall–Kier alpha value is -0.730. The third-order valence-corrected chi connectivity index (χ3v) is 5.13. The van der Waals surface area contributed by atoms with Crippen molar-refractivity contribution < 1.29 is 0 Å². The van der Waals surface area contributed by atoms with E-state index in [2.05, 4.69) is 30.3 Å². The van der Waals surface area contributed by atoms with Gasteiger partial charge in [0.25, 0.3) is 0 Å². The summed E-state index contributed by atoms with van der Waals surface area (Å²) >= 11 is 18.4. The molecule has 1 aliphatic rings. The SMILES string of the molecule is CN(Cl)C[C@@]1(c2ccc(Cl)c(Cl)c2)C[C@@H]1c1ccccc1. The standard InChI is InChI=1S/C17H16Cl3N/c1-21(20)11-17(13-7-8-15(18)16(19)9-13)10-14(17)12-5-3-2-4-6-12/h2-9,14H,10-11H2,1H3/t14-,17-/m1/s1. The van der Waals surface area contributed by atoms with Gasteiger partial charge in [0.1, 0.15) is 0 Å². The summed E-state index contributed by atoms with van der Waals surface area (Å²) in [6.45, 7) is 0.784. The molecule has 110 valence electrons. The van der Waals surface area contributed by atoms with Gasteiger partial charge in [-0.2, -0.15) is 0 Å². The molecule has 0 aromatic heterocycles. The van der Waals surface area contributed by atoms with Crippen molar-refractivity contribution in [2.24, 2.45) is 0 Å². The van der Waals surface area contributed by atoms with Crippen LogP contribution in [0.1, 0.15) is 23.5 Å². The zero-order chi connectivity index (χ0) is 15.0. The molecule has 2 aromatic rings. The molecule has 1 fully saturated rings. The van der Waals surface area contributed by atoms with Crippen LogP contribution in [0, 0.1) is 0 Å². The first kappa shape index (κ1) is 15.2. The van der Waals surface area contributed by atoms with Gasteiger partial charge >= 0.3 is 0 Å². The van der Waals surface area contributed by atoms with Gasteiger partial charge < -0.3 is 0 Å². The van der Waals surface area contributed by atoms with Crippen molar-refractivity contribution in [3.05, 3.63) is 69.7 Å². The number of rotatable bonds is 4. The normalized spacial score (nSPS) is 24.3. The number of hydrogen-bond donors (Lipinski definition) is 0. The van der Waals surface area contributed by atoms with Gasteiger partial charge in [0.2, 0.25) is 0 Å². The molecule has 1 saturated carbocycles. The lowest BCUT2D eigenvalue weighted by atomic mass is 9.90. The molecule has 3 rings (SSSR count). The van der Waals surface area contributed by atoms with Gasteiger partial charge in [0.15, 0.2) is 0 Å². The van der Waals surface area contributed by atoms with Gasteiger partial charge in [0.05, 0.1) is 10.0 Å². The Morgan fingerprint density at radius 2 is 1.81 bits per heavy atom. The van der Waals surface area contributed by atoms with Crippen LogP contribution in [0.5, 0.6) is 0 Å². The highest BCUT2D eigenvalue weighted by atomic mass is 35.5. The molecule has 1 nitrogen and oxygen atoms in total. The second-order valence-electron chi connectivity index (χ2n) is 5.72.